The number of morpholine rings is 1. The maximum absolute atomic E-state index is 12.5. The first-order valence-corrected chi connectivity index (χ1v) is 9.67. The van der Waals surface area contributed by atoms with Gasteiger partial charge in [0.2, 0.25) is 0 Å². The van der Waals surface area contributed by atoms with Gasteiger partial charge >= 0.3 is 12.1 Å². The van der Waals surface area contributed by atoms with Gasteiger partial charge in [-0.2, -0.15) is 24.5 Å². The van der Waals surface area contributed by atoms with Gasteiger partial charge in [0, 0.05) is 31.6 Å². The first-order chi connectivity index (χ1) is 12.8. The Morgan fingerprint density at radius 3 is 2.56 bits per heavy atom. The number of hydrogen-bond acceptors (Lipinski definition) is 5. The number of alkyl halides is 3. The average Bonchev–Trinajstić information content (AvgIpc) is 3.11. The molecule has 0 bridgehead atoms. The number of fused-ring (bicyclic) bond motifs is 1. The Hall–Kier alpha value is -1.65. The number of amides is 1. The highest BCUT2D eigenvalue weighted by Gasteiger charge is 2.43. The number of carbonyl (C=O) groups is 2. The summed E-state index contributed by atoms with van der Waals surface area (Å²) in [4.78, 5) is 25.9. The first kappa shape index (κ1) is 20.1. The largest absolute Gasteiger partial charge is 0.490 e. The van der Waals surface area contributed by atoms with Crippen LogP contribution in [0.5, 0.6) is 0 Å². The zero-order valence-electron chi connectivity index (χ0n) is 14.5. The van der Waals surface area contributed by atoms with Crippen molar-refractivity contribution in [2.24, 2.45) is 5.92 Å². The quantitative estimate of drug-likeness (QED) is 0.834. The van der Waals surface area contributed by atoms with Crippen molar-refractivity contribution in [3.63, 3.8) is 0 Å². The summed E-state index contributed by atoms with van der Waals surface area (Å²) >= 11 is 1.58. The molecule has 1 N–H and O–H groups in total. The van der Waals surface area contributed by atoms with Crippen LogP contribution >= 0.6 is 11.3 Å². The van der Waals surface area contributed by atoms with Gasteiger partial charge in [-0.1, -0.05) is 0 Å². The van der Waals surface area contributed by atoms with Crippen molar-refractivity contribution < 1.29 is 32.6 Å². The van der Waals surface area contributed by atoms with Crippen molar-refractivity contribution >= 4 is 23.2 Å². The highest BCUT2D eigenvalue weighted by molar-refractivity contribution is 7.08. The van der Waals surface area contributed by atoms with Crippen molar-refractivity contribution in [3.05, 3.63) is 22.4 Å². The van der Waals surface area contributed by atoms with Crippen LogP contribution in [0.25, 0.3) is 0 Å². The number of aliphatic carboxylic acids is 1. The standard InChI is InChI=1S/C15H20N2O2S.C2HF3O2/c18-15(12-3-6-20-10-12)17-8-13-14(9-17)19-5-4-16(13)7-11-1-2-11;3-2(4,5)1(6)7/h3,6,10-11,13-14H,1-2,4-5,7-9H2;(H,6,7)/t13-,14+;/m1./s1. The van der Waals surface area contributed by atoms with Crippen LogP contribution in [-0.4, -0.2) is 77.9 Å². The van der Waals surface area contributed by atoms with Gasteiger partial charge in [0.05, 0.1) is 24.3 Å². The summed E-state index contributed by atoms with van der Waals surface area (Å²) in [6.07, 6.45) is -2.11. The van der Waals surface area contributed by atoms with Crippen LogP contribution in [0.4, 0.5) is 13.2 Å². The minimum atomic E-state index is -5.08. The fraction of sp³-hybridized carbons (Fsp3) is 0.647. The van der Waals surface area contributed by atoms with E-state index in [9.17, 15) is 18.0 Å². The molecule has 3 aliphatic rings. The van der Waals surface area contributed by atoms with E-state index in [-0.39, 0.29) is 12.0 Å². The second-order valence-corrected chi connectivity index (χ2v) is 7.72. The molecule has 1 aromatic heterocycles. The Bertz CT molecular complexity index is 664. The molecule has 1 aromatic rings. The van der Waals surface area contributed by atoms with E-state index in [1.54, 1.807) is 11.3 Å². The number of rotatable bonds is 3. The summed E-state index contributed by atoms with van der Waals surface area (Å²) in [6, 6.07) is 2.32. The first-order valence-electron chi connectivity index (χ1n) is 8.73. The molecule has 1 saturated carbocycles. The Morgan fingerprint density at radius 1 is 1.30 bits per heavy atom. The fourth-order valence-electron chi connectivity index (χ4n) is 3.35. The smallest absolute Gasteiger partial charge is 0.475 e. The van der Waals surface area contributed by atoms with E-state index < -0.39 is 12.1 Å². The lowest BCUT2D eigenvalue weighted by Crippen LogP contribution is -2.51. The van der Waals surface area contributed by atoms with Crippen molar-refractivity contribution in [1.82, 2.24) is 9.80 Å². The second kappa shape index (κ2) is 8.15. The molecule has 0 aromatic carbocycles. The Balaban J connectivity index is 0.000000260. The molecule has 6 nitrogen and oxygen atoms in total. The van der Waals surface area contributed by atoms with Crippen molar-refractivity contribution in [2.45, 2.75) is 31.2 Å². The SMILES string of the molecule is O=C(O)C(F)(F)F.O=C(c1ccsc1)N1C[C@@H]2OCCN(CC3CC3)[C@@H]2C1. The Kier molecular flexibility index (Phi) is 6.07. The van der Waals surface area contributed by atoms with Crippen LogP contribution in [0.1, 0.15) is 23.2 Å². The van der Waals surface area contributed by atoms with E-state index in [1.807, 2.05) is 21.7 Å². The number of ether oxygens (including phenoxy) is 1. The summed E-state index contributed by atoms with van der Waals surface area (Å²) in [5.74, 6) is -1.70. The average molecular weight is 406 g/mol. The van der Waals surface area contributed by atoms with E-state index in [4.69, 9.17) is 14.6 Å². The van der Waals surface area contributed by atoms with Gasteiger partial charge in [0.15, 0.2) is 0 Å². The Morgan fingerprint density at radius 2 is 2.00 bits per heavy atom. The lowest BCUT2D eigenvalue weighted by Gasteiger charge is -2.36. The molecule has 2 saturated heterocycles. The fourth-order valence-corrected chi connectivity index (χ4v) is 3.98. The summed E-state index contributed by atoms with van der Waals surface area (Å²) in [5.41, 5.74) is 0.822. The number of carboxylic acids is 1. The summed E-state index contributed by atoms with van der Waals surface area (Å²) < 4.78 is 37.6. The van der Waals surface area contributed by atoms with Gasteiger partial charge in [-0.25, -0.2) is 4.79 Å². The minimum Gasteiger partial charge on any atom is -0.475 e. The predicted octanol–water partition coefficient (Wildman–Crippen LogP) is 2.32. The lowest BCUT2D eigenvalue weighted by atomic mass is 10.1. The molecule has 27 heavy (non-hydrogen) atoms. The summed E-state index contributed by atoms with van der Waals surface area (Å²) in [7, 11) is 0. The molecule has 3 heterocycles. The van der Waals surface area contributed by atoms with E-state index >= 15 is 0 Å². The molecule has 0 spiro atoms. The number of carboxylic acid groups (broad SMARTS) is 1. The number of nitrogens with zero attached hydrogens (tertiary/aromatic N) is 2. The van der Waals surface area contributed by atoms with Crippen LogP contribution in [0.3, 0.4) is 0 Å². The van der Waals surface area contributed by atoms with Crippen LogP contribution in [-0.2, 0) is 9.53 Å². The molecule has 0 radical (unpaired) electrons. The number of likely N-dealkylation sites (tertiary alicyclic amines) is 1. The number of thiophene rings is 1. The topological polar surface area (TPSA) is 70.1 Å². The normalized spacial score (nSPS) is 25.5. The van der Waals surface area contributed by atoms with Gasteiger partial charge in [-0.3, -0.25) is 9.69 Å². The molecule has 1 aliphatic carbocycles. The number of carbonyl (C=O) groups excluding carboxylic acids is 1. The molecule has 150 valence electrons. The second-order valence-electron chi connectivity index (χ2n) is 6.94. The minimum absolute atomic E-state index is 0.163. The third-order valence-corrected chi connectivity index (χ3v) is 5.59. The van der Waals surface area contributed by atoms with Gasteiger partial charge in [-0.05, 0) is 30.2 Å². The lowest BCUT2D eigenvalue weighted by molar-refractivity contribution is -0.192. The molecule has 1 amide bonds. The van der Waals surface area contributed by atoms with Gasteiger partial charge in [0.1, 0.15) is 0 Å². The maximum atomic E-state index is 12.5. The van der Waals surface area contributed by atoms with Crippen molar-refractivity contribution in [1.29, 1.82) is 0 Å². The molecule has 10 heteroatoms. The predicted molar refractivity (Wildman–Crippen MR) is 91.7 cm³/mol. The monoisotopic (exact) mass is 406 g/mol. The number of hydrogen-bond donors (Lipinski definition) is 1. The van der Waals surface area contributed by atoms with E-state index in [0.29, 0.717) is 6.04 Å². The molecule has 4 rings (SSSR count). The molecular weight excluding hydrogens is 385 g/mol. The molecule has 3 fully saturated rings. The maximum Gasteiger partial charge on any atom is 0.490 e. The zero-order chi connectivity index (χ0) is 19.6. The molecule has 2 aliphatic heterocycles. The van der Waals surface area contributed by atoms with Crippen molar-refractivity contribution in [2.75, 3.05) is 32.8 Å². The van der Waals surface area contributed by atoms with Gasteiger partial charge in [-0.15, -0.1) is 0 Å². The van der Waals surface area contributed by atoms with E-state index in [1.165, 1.54) is 19.4 Å². The third kappa shape index (κ3) is 5.20. The van der Waals surface area contributed by atoms with E-state index in [0.717, 1.165) is 37.7 Å². The highest BCUT2D eigenvalue weighted by Crippen LogP contribution is 2.33. The number of halogens is 3. The zero-order valence-corrected chi connectivity index (χ0v) is 15.3. The van der Waals surface area contributed by atoms with Crippen LogP contribution in [0, 0.1) is 5.92 Å². The van der Waals surface area contributed by atoms with Gasteiger partial charge in [0.25, 0.3) is 5.91 Å². The van der Waals surface area contributed by atoms with Crippen LogP contribution < -0.4 is 0 Å². The third-order valence-electron chi connectivity index (χ3n) is 4.90. The van der Waals surface area contributed by atoms with E-state index in [2.05, 4.69) is 4.90 Å². The Labute approximate surface area is 158 Å². The molecule has 2 atom stereocenters. The summed E-state index contributed by atoms with van der Waals surface area (Å²) in [6.45, 7) is 4.62. The molecular formula is C17H21F3N2O4S. The van der Waals surface area contributed by atoms with Crippen LogP contribution in [0.2, 0.25) is 0 Å². The van der Waals surface area contributed by atoms with Gasteiger partial charge < -0.3 is 14.7 Å². The van der Waals surface area contributed by atoms with Crippen LogP contribution in [0.15, 0.2) is 16.8 Å². The highest BCUT2D eigenvalue weighted by atomic mass is 32.1. The van der Waals surface area contributed by atoms with Crippen molar-refractivity contribution in [3.8, 4) is 0 Å². The summed E-state index contributed by atoms with van der Waals surface area (Å²) in [5, 5.41) is 11.0. The molecule has 0 unspecified atom stereocenters.